The summed E-state index contributed by atoms with van der Waals surface area (Å²) < 4.78 is 1.94. The zero-order valence-electron chi connectivity index (χ0n) is 4.61. The molecule has 0 fully saturated rings. The Bertz CT molecular complexity index is 243. The highest BCUT2D eigenvalue weighted by Gasteiger charge is 2.04. The van der Waals surface area contributed by atoms with Crippen LogP contribution >= 0.6 is 54.5 Å². The van der Waals surface area contributed by atoms with Crippen molar-refractivity contribution in [2.24, 2.45) is 0 Å². The van der Waals surface area contributed by atoms with E-state index in [1.54, 1.807) is 6.07 Å². The number of nitrogens with zero attached hydrogens (tertiary/aromatic N) is 1. The fourth-order valence-electron chi connectivity index (χ4n) is 0.450. The number of rotatable bonds is 0. The van der Waals surface area contributed by atoms with Crippen LogP contribution in [0.5, 0.6) is 5.75 Å². The van der Waals surface area contributed by atoms with Crippen LogP contribution in [0.15, 0.2) is 15.1 Å². The molecule has 0 saturated carbocycles. The summed E-state index contributed by atoms with van der Waals surface area (Å²) in [6.45, 7) is 0. The van der Waals surface area contributed by atoms with Gasteiger partial charge in [-0.05, 0) is 60.5 Å². The van der Waals surface area contributed by atoms with Gasteiger partial charge >= 0.3 is 0 Å². The van der Waals surface area contributed by atoms with Crippen LogP contribution in [0.4, 0.5) is 0 Å². The standard InChI is InChI=1S/C5H2Br2INO/c6-2-1-3(7)9-5(8)4(2)10/h1,10H. The van der Waals surface area contributed by atoms with E-state index >= 15 is 0 Å². The fourth-order valence-corrected chi connectivity index (χ4v) is 2.82. The Hall–Kier alpha value is 0.640. The molecule has 2 nitrogen and oxygen atoms in total. The smallest absolute Gasteiger partial charge is 0.161 e. The lowest BCUT2D eigenvalue weighted by molar-refractivity contribution is 0.464. The maximum atomic E-state index is 9.19. The molecule has 0 aliphatic rings. The normalized spacial score (nSPS) is 9.90. The number of halogens is 3. The minimum absolute atomic E-state index is 0.184. The number of hydrogen-bond acceptors (Lipinski definition) is 2. The van der Waals surface area contributed by atoms with E-state index in [4.69, 9.17) is 0 Å². The highest BCUT2D eigenvalue weighted by atomic mass is 127. The van der Waals surface area contributed by atoms with E-state index in [0.717, 1.165) is 0 Å². The lowest BCUT2D eigenvalue weighted by Crippen LogP contribution is -1.82. The minimum Gasteiger partial charge on any atom is -0.504 e. The van der Waals surface area contributed by atoms with Crippen LogP contribution in [0.2, 0.25) is 0 Å². The van der Waals surface area contributed by atoms with Crippen molar-refractivity contribution in [1.82, 2.24) is 4.98 Å². The van der Waals surface area contributed by atoms with Gasteiger partial charge in [0.1, 0.15) is 8.30 Å². The highest BCUT2D eigenvalue weighted by Crippen LogP contribution is 2.29. The van der Waals surface area contributed by atoms with Gasteiger partial charge in [-0.25, -0.2) is 4.98 Å². The Labute approximate surface area is 88.4 Å². The molecule has 0 aliphatic heterocycles. The third kappa shape index (κ3) is 1.82. The van der Waals surface area contributed by atoms with Crippen molar-refractivity contribution in [3.05, 3.63) is 18.8 Å². The second-order valence-corrected chi connectivity index (χ2v) is 4.25. The monoisotopic (exact) mass is 377 g/mol. The lowest BCUT2D eigenvalue weighted by atomic mass is 10.5. The Morgan fingerprint density at radius 3 is 2.60 bits per heavy atom. The summed E-state index contributed by atoms with van der Waals surface area (Å²) in [4.78, 5) is 3.96. The number of hydrogen-bond donors (Lipinski definition) is 1. The molecule has 0 aliphatic carbocycles. The van der Waals surface area contributed by atoms with Gasteiger partial charge in [0.15, 0.2) is 5.75 Å². The first-order valence-corrected chi connectivity index (χ1v) is 4.98. The molecule has 0 atom stereocenters. The summed E-state index contributed by atoms with van der Waals surface area (Å²) >= 11 is 8.32. The van der Waals surface area contributed by atoms with E-state index < -0.39 is 0 Å². The molecule has 0 bridgehead atoms. The predicted molar refractivity (Wildman–Crippen MR) is 54.0 cm³/mol. The Kier molecular flexibility index (Phi) is 2.93. The van der Waals surface area contributed by atoms with Crippen LogP contribution in [0.1, 0.15) is 0 Å². The van der Waals surface area contributed by atoms with Crippen molar-refractivity contribution in [3.63, 3.8) is 0 Å². The quantitative estimate of drug-likeness (QED) is 0.556. The van der Waals surface area contributed by atoms with Gasteiger partial charge in [0.25, 0.3) is 0 Å². The molecule has 5 heteroatoms. The molecule has 1 aromatic heterocycles. The van der Waals surface area contributed by atoms with E-state index in [-0.39, 0.29) is 5.75 Å². The zero-order valence-corrected chi connectivity index (χ0v) is 9.94. The average molecular weight is 379 g/mol. The number of aromatic hydroxyl groups is 1. The molecule has 0 spiro atoms. The molecule has 0 unspecified atom stereocenters. The Morgan fingerprint density at radius 1 is 1.50 bits per heavy atom. The molecule has 10 heavy (non-hydrogen) atoms. The molecule has 1 N–H and O–H groups in total. The average Bonchev–Trinajstić information content (AvgIpc) is 1.82. The first kappa shape index (κ1) is 8.73. The van der Waals surface area contributed by atoms with E-state index in [9.17, 15) is 5.11 Å². The van der Waals surface area contributed by atoms with Gasteiger partial charge in [0, 0.05) is 0 Å². The number of pyridine rings is 1. The summed E-state index contributed by atoms with van der Waals surface area (Å²) in [5, 5.41) is 9.19. The summed E-state index contributed by atoms with van der Waals surface area (Å²) in [6, 6.07) is 1.69. The van der Waals surface area contributed by atoms with E-state index in [1.807, 2.05) is 22.6 Å². The SMILES string of the molecule is Oc1c(Br)cc(Br)nc1I. The van der Waals surface area contributed by atoms with Gasteiger partial charge in [0.05, 0.1) is 4.47 Å². The van der Waals surface area contributed by atoms with Crippen LogP contribution in [-0.2, 0) is 0 Å². The maximum Gasteiger partial charge on any atom is 0.161 e. The molecule has 0 saturated heterocycles. The van der Waals surface area contributed by atoms with Crippen LogP contribution in [0.3, 0.4) is 0 Å². The van der Waals surface area contributed by atoms with Gasteiger partial charge in [-0.2, -0.15) is 0 Å². The van der Waals surface area contributed by atoms with Crippen molar-refractivity contribution >= 4 is 54.5 Å². The third-order valence-electron chi connectivity index (χ3n) is 0.872. The summed E-state index contributed by atoms with van der Waals surface area (Å²) in [5.41, 5.74) is 0. The molecular weight excluding hydrogens is 377 g/mol. The van der Waals surface area contributed by atoms with Gasteiger partial charge in [-0.1, -0.05) is 0 Å². The summed E-state index contributed by atoms with van der Waals surface area (Å²) in [7, 11) is 0. The second-order valence-electron chi connectivity index (χ2n) is 1.57. The van der Waals surface area contributed by atoms with Crippen molar-refractivity contribution in [2.45, 2.75) is 0 Å². The molecular formula is C5H2Br2INO. The first-order valence-electron chi connectivity index (χ1n) is 2.32. The van der Waals surface area contributed by atoms with Crippen molar-refractivity contribution in [1.29, 1.82) is 0 Å². The fraction of sp³-hybridized carbons (Fsp3) is 0. The van der Waals surface area contributed by atoms with Gasteiger partial charge in [0.2, 0.25) is 0 Å². The molecule has 0 amide bonds. The molecule has 0 aromatic carbocycles. The second kappa shape index (κ2) is 3.36. The van der Waals surface area contributed by atoms with E-state index in [2.05, 4.69) is 36.8 Å². The van der Waals surface area contributed by atoms with E-state index in [1.165, 1.54) is 0 Å². The Balaban J connectivity index is 3.31. The van der Waals surface area contributed by atoms with Crippen LogP contribution < -0.4 is 0 Å². The van der Waals surface area contributed by atoms with Gasteiger partial charge < -0.3 is 5.11 Å². The predicted octanol–water partition coefficient (Wildman–Crippen LogP) is 2.92. The number of aromatic nitrogens is 1. The molecule has 0 radical (unpaired) electrons. The minimum atomic E-state index is 0.184. The highest BCUT2D eigenvalue weighted by molar-refractivity contribution is 14.1. The van der Waals surface area contributed by atoms with Crippen LogP contribution in [0, 0.1) is 3.70 Å². The van der Waals surface area contributed by atoms with E-state index in [0.29, 0.717) is 12.8 Å². The van der Waals surface area contributed by atoms with Crippen LogP contribution in [0.25, 0.3) is 0 Å². The van der Waals surface area contributed by atoms with Crippen molar-refractivity contribution in [2.75, 3.05) is 0 Å². The summed E-state index contributed by atoms with van der Waals surface area (Å²) in [5.74, 6) is 0.184. The van der Waals surface area contributed by atoms with Crippen molar-refractivity contribution < 1.29 is 5.11 Å². The topological polar surface area (TPSA) is 33.1 Å². The zero-order chi connectivity index (χ0) is 7.72. The van der Waals surface area contributed by atoms with Gasteiger partial charge in [-0.3, -0.25) is 0 Å². The third-order valence-corrected chi connectivity index (χ3v) is 2.64. The van der Waals surface area contributed by atoms with Crippen LogP contribution in [-0.4, -0.2) is 10.1 Å². The molecule has 1 rings (SSSR count). The molecule has 1 aromatic rings. The maximum absolute atomic E-state index is 9.19. The van der Waals surface area contributed by atoms with Gasteiger partial charge in [-0.15, -0.1) is 0 Å². The molecule has 54 valence electrons. The lowest BCUT2D eigenvalue weighted by Gasteiger charge is -1.98. The largest absolute Gasteiger partial charge is 0.504 e. The molecule has 1 heterocycles. The Morgan fingerprint density at radius 2 is 2.10 bits per heavy atom. The first-order chi connectivity index (χ1) is 4.61. The summed E-state index contributed by atoms with van der Waals surface area (Å²) in [6.07, 6.45) is 0. The van der Waals surface area contributed by atoms with Crippen molar-refractivity contribution in [3.8, 4) is 5.75 Å².